The smallest absolute Gasteiger partial charge is 0.325 e. The third-order valence-electron chi connectivity index (χ3n) is 5.32. The number of nitrogens with zero attached hydrogens (tertiary/aromatic N) is 5. The summed E-state index contributed by atoms with van der Waals surface area (Å²) in [6, 6.07) is 5.04. The number of aromatic nitrogens is 1. The van der Waals surface area contributed by atoms with Crippen LogP contribution in [0.1, 0.15) is 23.4 Å². The SMILES string of the molecule is Cc1nc(C#N)c(N2CCN(C(=O)CN3C(=O)NC(C)(c4cccs4)C3=O)CC2)o1. The highest BCUT2D eigenvalue weighted by atomic mass is 32.1. The molecule has 2 aliphatic rings. The topological polar surface area (TPSA) is 123 Å². The van der Waals surface area contributed by atoms with Crippen molar-refractivity contribution in [3.63, 3.8) is 0 Å². The Hall–Kier alpha value is -3.39. The maximum Gasteiger partial charge on any atom is 0.325 e. The Bertz CT molecular complexity index is 1030. The molecule has 0 radical (unpaired) electrons. The molecule has 4 rings (SSSR count). The van der Waals surface area contributed by atoms with Gasteiger partial charge in [-0.25, -0.2) is 9.78 Å². The normalized spacial score (nSPS) is 21.7. The van der Waals surface area contributed by atoms with E-state index in [4.69, 9.17) is 4.42 Å². The molecule has 0 spiro atoms. The lowest BCUT2D eigenvalue weighted by Gasteiger charge is -2.35. The number of carbonyl (C=O) groups is 3. The van der Waals surface area contributed by atoms with Gasteiger partial charge in [0.1, 0.15) is 12.6 Å². The molecule has 2 fully saturated rings. The van der Waals surface area contributed by atoms with E-state index in [9.17, 15) is 19.6 Å². The number of urea groups is 1. The van der Waals surface area contributed by atoms with E-state index in [1.165, 1.54) is 11.3 Å². The van der Waals surface area contributed by atoms with E-state index in [1.807, 2.05) is 22.4 Å². The van der Waals surface area contributed by atoms with Crippen LogP contribution in [0.5, 0.6) is 0 Å². The fourth-order valence-corrected chi connectivity index (χ4v) is 4.50. The summed E-state index contributed by atoms with van der Waals surface area (Å²) in [5.41, 5.74) is -0.929. The van der Waals surface area contributed by atoms with Crippen molar-refractivity contribution in [1.82, 2.24) is 20.1 Å². The molecule has 0 aromatic carbocycles. The molecule has 10 nitrogen and oxygen atoms in total. The first-order valence-corrected chi connectivity index (χ1v) is 10.3. The summed E-state index contributed by atoms with van der Waals surface area (Å²) < 4.78 is 5.52. The monoisotopic (exact) mass is 428 g/mol. The molecule has 2 aliphatic heterocycles. The Morgan fingerprint density at radius 3 is 2.73 bits per heavy atom. The summed E-state index contributed by atoms with van der Waals surface area (Å²) in [4.78, 5) is 47.2. The second kappa shape index (κ2) is 7.46. The van der Waals surface area contributed by atoms with Crippen LogP contribution in [0, 0.1) is 18.3 Å². The predicted octanol–water partition coefficient (Wildman–Crippen LogP) is 1.03. The van der Waals surface area contributed by atoms with Crippen molar-refractivity contribution in [1.29, 1.82) is 5.26 Å². The molecular formula is C19H20N6O4S. The third kappa shape index (κ3) is 3.29. The van der Waals surface area contributed by atoms with Crippen molar-refractivity contribution < 1.29 is 18.8 Å². The van der Waals surface area contributed by atoms with Crippen LogP contribution in [0.4, 0.5) is 10.7 Å². The van der Waals surface area contributed by atoms with Crippen LogP contribution >= 0.6 is 11.3 Å². The number of anilines is 1. The molecule has 2 aromatic heterocycles. The van der Waals surface area contributed by atoms with Crippen LogP contribution in [0.25, 0.3) is 0 Å². The van der Waals surface area contributed by atoms with Crippen molar-refractivity contribution in [3.8, 4) is 6.07 Å². The standard InChI is InChI=1S/C19H20N6O4S/c1-12-21-13(10-20)16(29-12)24-7-5-23(6-8-24)15(26)11-25-17(27)19(2,22-18(25)28)14-4-3-9-30-14/h3-4,9H,5-8,11H2,1-2H3,(H,22,28). The number of aryl methyl sites for hydroxylation is 1. The first-order valence-electron chi connectivity index (χ1n) is 9.42. The first-order chi connectivity index (χ1) is 14.3. The fourth-order valence-electron chi connectivity index (χ4n) is 3.67. The van der Waals surface area contributed by atoms with Crippen molar-refractivity contribution in [2.75, 3.05) is 37.6 Å². The van der Waals surface area contributed by atoms with Gasteiger partial charge in [-0.05, 0) is 18.4 Å². The second-order valence-corrected chi connectivity index (χ2v) is 8.24. The summed E-state index contributed by atoms with van der Waals surface area (Å²) in [7, 11) is 0. The lowest BCUT2D eigenvalue weighted by molar-refractivity contribution is -0.139. The Labute approximate surface area is 176 Å². The molecule has 2 aromatic rings. The van der Waals surface area contributed by atoms with Crippen LogP contribution in [-0.4, -0.2) is 65.4 Å². The van der Waals surface area contributed by atoms with Gasteiger partial charge in [0, 0.05) is 38.0 Å². The number of hydrogen-bond acceptors (Lipinski definition) is 8. The molecule has 1 atom stereocenters. The predicted molar refractivity (Wildman–Crippen MR) is 107 cm³/mol. The van der Waals surface area contributed by atoms with Gasteiger partial charge in [-0.2, -0.15) is 5.26 Å². The maximum atomic E-state index is 12.9. The van der Waals surface area contributed by atoms with Gasteiger partial charge in [-0.1, -0.05) is 6.07 Å². The first kappa shape index (κ1) is 19.9. The highest BCUT2D eigenvalue weighted by Gasteiger charge is 2.50. The second-order valence-electron chi connectivity index (χ2n) is 7.29. The van der Waals surface area contributed by atoms with Crippen molar-refractivity contribution in [2.45, 2.75) is 19.4 Å². The van der Waals surface area contributed by atoms with Crippen LogP contribution in [0.15, 0.2) is 21.9 Å². The Morgan fingerprint density at radius 2 is 2.10 bits per heavy atom. The summed E-state index contributed by atoms with van der Waals surface area (Å²) >= 11 is 1.38. The van der Waals surface area contributed by atoms with Gasteiger partial charge >= 0.3 is 6.03 Å². The number of amides is 4. The molecule has 0 bridgehead atoms. The van der Waals surface area contributed by atoms with E-state index in [2.05, 4.69) is 10.3 Å². The van der Waals surface area contributed by atoms with Gasteiger partial charge in [0.2, 0.25) is 17.5 Å². The number of oxazole rings is 1. The lowest BCUT2D eigenvalue weighted by atomic mass is 10.0. The highest BCUT2D eigenvalue weighted by molar-refractivity contribution is 7.10. The van der Waals surface area contributed by atoms with Crippen LogP contribution in [-0.2, 0) is 15.1 Å². The van der Waals surface area contributed by atoms with Crippen molar-refractivity contribution in [3.05, 3.63) is 34.0 Å². The number of carbonyl (C=O) groups excluding carboxylic acids is 3. The highest BCUT2D eigenvalue weighted by Crippen LogP contribution is 2.32. The molecular weight excluding hydrogens is 408 g/mol. The number of thiophene rings is 1. The quantitative estimate of drug-likeness (QED) is 0.722. The minimum Gasteiger partial charge on any atom is -0.424 e. The third-order valence-corrected chi connectivity index (χ3v) is 6.42. The Kier molecular flexibility index (Phi) is 4.95. The van der Waals surface area contributed by atoms with E-state index in [1.54, 1.807) is 24.8 Å². The van der Waals surface area contributed by atoms with Gasteiger partial charge in [0.25, 0.3) is 5.91 Å². The van der Waals surface area contributed by atoms with E-state index < -0.39 is 17.5 Å². The van der Waals surface area contributed by atoms with Crippen LogP contribution in [0.2, 0.25) is 0 Å². The molecule has 0 saturated carbocycles. The maximum absolute atomic E-state index is 12.9. The fraction of sp³-hybridized carbons (Fsp3) is 0.421. The Morgan fingerprint density at radius 1 is 1.37 bits per heavy atom. The molecule has 4 amide bonds. The molecule has 30 heavy (non-hydrogen) atoms. The van der Waals surface area contributed by atoms with Crippen molar-refractivity contribution >= 4 is 35.1 Å². The van der Waals surface area contributed by atoms with Crippen molar-refractivity contribution in [2.24, 2.45) is 0 Å². The summed E-state index contributed by atoms with van der Waals surface area (Å²) in [6.07, 6.45) is 0. The summed E-state index contributed by atoms with van der Waals surface area (Å²) in [5.74, 6) is 0.0795. The van der Waals surface area contributed by atoms with E-state index in [-0.39, 0.29) is 18.1 Å². The zero-order valence-electron chi connectivity index (χ0n) is 16.5. The molecule has 0 aliphatic carbocycles. The summed E-state index contributed by atoms with van der Waals surface area (Å²) in [6.45, 7) is 4.70. The zero-order chi connectivity index (χ0) is 21.5. The van der Waals surface area contributed by atoms with E-state index in [0.29, 0.717) is 38.0 Å². The molecule has 1 N–H and O–H groups in total. The average molecular weight is 428 g/mol. The zero-order valence-corrected chi connectivity index (χ0v) is 17.4. The number of rotatable bonds is 4. The largest absolute Gasteiger partial charge is 0.424 e. The summed E-state index contributed by atoms with van der Waals surface area (Å²) in [5, 5.41) is 13.7. The van der Waals surface area contributed by atoms with Gasteiger partial charge in [-0.3, -0.25) is 14.5 Å². The van der Waals surface area contributed by atoms with E-state index >= 15 is 0 Å². The minimum absolute atomic E-state index is 0.222. The van der Waals surface area contributed by atoms with E-state index in [0.717, 1.165) is 9.78 Å². The van der Waals surface area contributed by atoms with Gasteiger partial charge in [0.05, 0.1) is 0 Å². The molecule has 2 saturated heterocycles. The van der Waals surface area contributed by atoms with Crippen LogP contribution < -0.4 is 10.2 Å². The number of nitrogens with one attached hydrogen (secondary N) is 1. The number of piperazine rings is 1. The van der Waals surface area contributed by atoms with Gasteiger partial charge in [0.15, 0.2) is 11.4 Å². The number of nitriles is 1. The van der Waals surface area contributed by atoms with Crippen LogP contribution in [0.3, 0.4) is 0 Å². The Balaban J connectivity index is 1.39. The molecule has 1 unspecified atom stereocenters. The van der Waals surface area contributed by atoms with Gasteiger partial charge < -0.3 is 19.5 Å². The minimum atomic E-state index is -1.15. The number of hydrogen-bond donors (Lipinski definition) is 1. The molecule has 156 valence electrons. The number of imide groups is 1. The van der Waals surface area contributed by atoms with Gasteiger partial charge in [-0.15, -0.1) is 11.3 Å². The molecule has 11 heteroatoms. The molecule has 4 heterocycles. The average Bonchev–Trinajstić information content (AvgIpc) is 3.45. The lowest BCUT2D eigenvalue weighted by Crippen LogP contribution is -2.52.